The van der Waals surface area contributed by atoms with E-state index in [0.717, 1.165) is 23.7 Å². The fourth-order valence-corrected chi connectivity index (χ4v) is 2.89. The first kappa shape index (κ1) is 17.0. The third kappa shape index (κ3) is 4.35. The summed E-state index contributed by atoms with van der Waals surface area (Å²) in [5.74, 6) is 1.74. The number of hydrogen-bond donors (Lipinski definition) is 1. The van der Waals surface area contributed by atoms with Crippen LogP contribution in [-0.2, 0) is 18.3 Å². The number of imidazole rings is 1. The number of ether oxygens (including phenoxy) is 2. The van der Waals surface area contributed by atoms with Gasteiger partial charge in [0.1, 0.15) is 23.8 Å². The van der Waals surface area contributed by atoms with Crippen molar-refractivity contribution in [3.63, 3.8) is 0 Å². The van der Waals surface area contributed by atoms with Crippen LogP contribution in [0.15, 0.2) is 36.7 Å². The average molecular weight is 331 g/mol. The van der Waals surface area contributed by atoms with Crippen LogP contribution in [0.4, 0.5) is 0 Å². The molecule has 2 heterocycles. The Bertz CT molecular complexity index is 673. The van der Waals surface area contributed by atoms with E-state index in [1.54, 1.807) is 6.20 Å². The topological polar surface area (TPSA) is 59.8 Å². The van der Waals surface area contributed by atoms with Gasteiger partial charge in [-0.25, -0.2) is 4.98 Å². The normalized spacial score (nSPS) is 22.3. The van der Waals surface area contributed by atoms with E-state index in [1.807, 2.05) is 49.0 Å². The highest BCUT2D eigenvalue weighted by Crippen LogP contribution is 2.18. The maximum atomic E-state index is 10.9. The third-order valence-electron chi connectivity index (χ3n) is 4.22. The predicted octanol–water partition coefficient (Wildman–Crippen LogP) is 1.37. The Kier molecular flexibility index (Phi) is 5.18. The third-order valence-corrected chi connectivity index (χ3v) is 4.22. The number of nitrogens with zero attached hydrogens (tertiary/aromatic N) is 3. The number of hydrogen-bond acceptors (Lipinski definition) is 5. The summed E-state index contributed by atoms with van der Waals surface area (Å²) in [6.07, 6.45) is 3.72. The van der Waals surface area contributed by atoms with Crippen LogP contribution in [0.3, 0.4) is 0 Å². The van der Waals surface area contributed by atoms with Crippen LogP contribution in [0.25, 0.3) is 0 Å². The zero-order valence-corrected chi connectivity index (χ0v) is 14.3. The van der Waals surface area contributed by atoms with E-state index in [9.17, 15) is 5.11 Å². The predicted molar refractivity (Wildman–Crippen MR) is 90.9 cm³/mol. The lowest BCUT2D eigenvalue weighted by atomic mass is 10.1. The number of aliphatic hydroxyl groups is 1. The van der Waals surface area contributed by atoms with Crippen molar-refractivity contribution in [2.75, 3.05) is 32.9 Å². The molecule has 0 saturated carbocycles. The van der Waals surface area contributed by atoms with E-state index in [-0.39, 0.29) is 13.2 Å². The highest BCUT2D eigenvalue weighted by Gasteiger charge is 2.34. The van der Waals surface area contributed by atoms with E-state index in [0.29, 0.717) is 19.7 Å². The van der Waals surface area contributed by atoms with Gasteiger partial charge in [0.15, 0.2) is 0 Å². The van der Waals surface area contributed by atoms with Crippen molar-refractivity contribution in [1.82, 2.24) is 14.5 Å². The Labute approximate surface area is 142 Å². The molecule has 0 amide bonds. The molecule has 1 aromatic carbocycles. The van der Waals surface area contributed by atoms with E-state index < -0.39 is 5.60 Å². The Balaban J connectivity index is 1.63. The number of rotatable bonds is 5. The van der Waals surface area contributed by atoms with Gasteiger partial charge in [0, 0.05) is 32.5 Å². The Morgan fingerprint density at radius 3 is 3.04 bits per heavy atom. The van der Waals surface area contributed by atoms with Crippen LogP contribution in [0.5, 0.6) is 5.75 Å². The molecule has 24 heavy (non-hydrogen) atoms. The largest absolute Gasteiger partial charge is 0.490 e. The molecule has 1 aromatic heterocycles. The molecule has 6 heteroatoms. The monoisotopic (exact) mass is 331 g/mol. The second-order valence-electron chi connectivity index (χ2n) is 6.55. The first-order chi connectivity index (χ1) is 11.5. The molecule has 1 aliphatic rings. The summed E-state index contributed by atoms with van der Waals surface area (Å²) < 4.78 is 13.4. The van der Waals surface area contributed by atoms with E-state index in [1.165, 1.54) is 0 Å². The highest BCUT2D eigenvalue weighted by atomic mass is 16.5. The zero-order valence-electron chi connectivity index (χ0n) is 14.3. The van der Waals surface area contributed by atoms with Crippen LogP contribution >= 0.6 is 0 Å². The van der Waals surface area contributed by atoms with Gasteiger partial charge in [-0.3, -0.25) is 4.90 Å². The molecule has 0 spiro atoms. The lowest BCUT2D eigenvalue weighted by Crippen LogP contribution is -2.48. The number of benzene rings is 1. The standard InChI is InChI=1S/C18H25N3O3/c1-15-4-3-5-16(10-15)24-14-18(22)12-21(8-9-23-13-18)11-17-19-6-7-20(17)2/h3-7,10,22H,8-9,11-14H2,1-2H3/t18-/m0/s1. The fraction of sp³-hybridized carbons (Fsp3) is 0.500. The van der Waals surface area contributed by atoms with Crippen LogP contribution in [0, 0.1) is 6.92 Å². The molecule has 3 rings (SSSR count). The lowest BCUT2D eigenvalue weighted by Gasteiger charge is -2.30. The Hall–Kier alpha value is -1.89. The minimum absolute atomic E-state index is 0.202. The summed E-state index contributed by atoms with van der Waals surface area (Å²) in [6, 6.07) is 7.84. The highest BCUT2D eigenvalue weighted by molar-refractivity contribution is 5.27. The average Bonchev–Trinajstić information content (AvgIpc) is 2.85. The van der Waals surface area contributed by atoms with E-state index in [4.69, 9.17) is 9.47 Å². The Morgan fingerprint density at radius 1 is 1.42 bits per heavy atom. The second-order valence-corrected chi connectivity index (χ2v) is 6.55. The fourth-order valence-electron chi connectivity index (χ4n) is 2.89. The van der Waals surface area contributed by atoms with Crippen molar-refractivity contribution in [3.05, 3.63) is 48.0 Å². The molecular weight excluding hydrogens is 306 g/mol. The molecule has 1 aliphatic heterocycles. The molecule has 1 N–H and O–H groups in total. The number of aromatic nitrogens is 2. The zero-order chi connectivity index (χ0) is 17.0. The first-order valence-electron chi connectivity index (χ1n) is 8.22. The van der Waals surface area contributed by atoms with E-state index in [2.05, 4.69) is 9.88 Å². The molecule has 1 fully saturated rings. The van der Waals surface area contributed by atoms with Crippen LogP contribution in [0.1, 0.15) is 11.4 Å². The molecule has 1 atom stereocenters. The summed E-state index contributed by atoms with van der Waals surface area (Å²) >= 11 is 0. The lowest BCUT2D eigenvalue weighted by molar-refractivity contribution is -0.0648. The van der Waals surface area contributed by atoms with Crippen LogP contribution < -0.4 is 4.74 Å². The van der Waals surface area contributed by atoms with Crippen molar-refractivity contribution in [2.24, 2.45) is 7.05 Å². The van der Waals surface area contributed by atoms with Gasteiger partial charge in [-0.1, -0.05) is 12.1 Å². The number of aryl methyl sites for hydroxylation is 2. The second kappa shape index (κ2) is 7.34. The summed E-state index contributed by atoms with van der Waals surface area (Å²) in [5.41, 5.74) is 0.0961. The van der Waals surface area contributed by atoms with Gasteiger partial charge >= 0.3 is 0 Å². The molecule has 0 aliphatic carbocycles. The van der Waals surface area contributed by atoms with Crippen molar-refractivity contribution in [2.45, 2.75) is 19.1 Å². The number of β-amino-alcohol motifs (C(OH)–C–C–N with tert-alkyl or cyclic N) is 1. The summed E-state index contributed by atoms with van der Waals surface area (Å²) in [4.78, 5) is 6.52. The Morgan fingerprint density at radius 2 is 2.29 bits per heavy atom. The van der Waals surface area contributed by atoms with E-state index >= 15 is 0 Å². The maximum Gasteiger partial charge on any atom is 0.134 e. The molecule has 1 saturated heterocycles. The van der Waals surface area contributed by atoms with Crippen LogP contribution in [-0.4, -0.2) is 58.1 Å². The van der Waals surface area contributed by atoms with Gasteiger partial charge in [0.05, 0.1) is 19.8 Å². The van der Waals surface area contributed by atoms with Gasteiger partial charge < -0.3 is 19.1 Å². The maximum absolute atomic E-state index is 10.9. The van der Waals surface area contributed by atoms with Crippen molar-refractivity contribution < 1.29 is 14.6 Å². The first-order valence-corrected chi connectivity index (χ1v) is 8.22. The van der Waals surface area contributed by atoms with Gasteiger partial charge in [0.25, 0.3) is 0 Å². The van der Waals surface area contributed by atoms with Crippen molar-refractivity contribution in [3.8, 4) is 5.75 Å². The van der Waals surface area contributed by atoms with Gasteiger partial charge in [0.2, 0.25) is 0 Å². The molecule has 2 aromatic rings. The summed E-state index contributed by atoms with van der Waals surface area (Å²) in [5, 5.41) is 10.9. The molecule has 6 nitrogen and oxygen atoms in total. The minimum atomic E-state index is -1.04. The summed E-state index contributed by atoms with van der Waals surface area (Å²) in [7, 11) is 1.98. The molecular formula is C18H25N3O3. The van der Waals surface area contributed by atoms with Gasteiger partial charge in [-0.2, -0.15) is 0 Å². The minimum Gasteiger partial charge on any atom is -0.490 e. The van der Waals surface area contributed by atoms with Gasteiger partial charge in [-0.15, -0.1) is 0 Å². The SMILES string of the molecule is Cc1cccc(OC[C@@]2(O)COCCN(Cc3nccn3C)C2)c1. The quantitative estimate of drug-likeness (QED) is 0.897. The van der Waals surface area contributed by atoms with Crippen molar-refractivity contribution in [1.29, 1.82) is 0 Å². The van der Waals surface area contributed by atoms with Crippen molar-refractivity contribution >= 4 is 0 Å². The summed E-state index contributed by atoms with van der Waals surface area (Å²) in [6.45, 7) is 5.02. The molecule has 130 valence electrons. The molecule has 0 bridgehead atoms. The van der Waals surface area contributed by atoms with Crippen LogP contribution in [0.2, 0.25) is 0 Å². The molecule has 0 radical (unpaired) electrons. The smallest absolute Gasteiger partial charge is 0.134 e. The van der Waals surface area contributed by atoms with Gasteiger partial charge in [-0.05, 0) is 24.6 Å². The molecule has 0 unspecified atom stereocenters.